The van der Waals surface area contributed by atoms with Gasteiger partial charge in [0.05, 0.1) is 0 Å². The van der Waals surface area contributed by atoms with Crippen LogP contribution in [0, 0.1) is 5.92 Å². The van der Waals surface area contributed by atoms with E-state index >= 15 is 0 Å². The minimum atomic E-state index is -4.45. The molecule has 0 amide bonds. The molecule has 0 spiro atoms. The zero-order chi connectivity index (χ0) is 12.5. The van der Waals surface area contributed by atoms with Gasteiger partial charge in [0.2, 0.25) is 11.0 Å². The Hall–Kier alpha value is -0.850. The van der Waals surface area contributed by atoms with Gasteiger partial charge in [-0.15, -0.1) is 0 Å². The average Bonchev–Trinajstić information content (AvgIpc) is 2.85. The van der Waals surface area contributed by atoms with Crippen molar-refractivity contribution in [1.82, 2.24) is 9.36 Å². The van der Waals surface area contributed by atoms with Gasteiger partial charge >= 0.3 is 6.18 Å². The van der Waals surface area contributed by atoms with Crippen molar-refractivity contribution in [2.24, 2.45) is 5.92 Å². The zero-order valence-electron chi connectivity index (χ0n) is 9.42. The lowest BCUT2D eigenvalue weighted by Gasteiger charge is -2.19. The standard InChI is InChI=1S/C10H14F3N3S/c1-6(7-4-2-3-5-7)14-9-15-8(16-17-9)10(11,12)13/h6-7H,2-5H2,1H3,(H,14,15,16). The number of hydrogen-bond donors (Lipinski definition) is 1. The Kier molecular flexibility index (Phi) is 3.56. The summed E-state index contributed by atoms with van der Waals surface area (Å²) in [7, 11) is 0. The van der Waals surface area contributed by atoms with E-state index in [0.29, 0.717) is 5.92 Å². The number of alkyl halides is 3. The molecular formula is C10H14F3N3S. The lowest BCUT2D eigenvalue weighted by molar-refractivity contribution is -0.144. The van der Waals surface area contributed by atoms with Crippen molar-refractivity contribution in [3.05, 3.63) is 5.82 Å². The molecule has 1 heterocycles. The molecule has 1 aromatic rings. The topological polar surface area (TPSA) is 37.8 Å². The molecule has 0 saturated heterocycles. The smallest absolute Gasteiger partial charge is 0.358 e. The molecule has 0 bridgehead atoms. The fraction of sp³-hybridized carbons (Fsp3) is 0.800. The molecule has 1 N–H and O–H groups in total. The third kappa shape index (κ3) is 3.08. The van der Waals surface area contributed by atoms with Crippen LogP contribution < -0.4 is 5.32 Å². The van der Waals surface area contributed by atoms with E-state index in [1.54, 1.807) is 0 Å². The van der Waals surface area contributed by atoms with E-state index in [4.69, 9.17) is 0 Å². The van der Waals surface area contributed by atoms with E-state index in [0.717, 1.165) is 24.4 Å². The van der Waals surface area contributed by atoms with Crippen molar-refractivity contribution in [3.8, 4) is 0 Å². The summed E-state index contributed by atoms with van der Waals surface area (Å²) >= 11 is 0.771. The number of halogens is 3. The summed E-state index contributed by atoms with van der Waals surface area (Å²) in [5.41, 5.74) is 0. The monoisotopic (exact) mass is 265 g/mol. The highest BCUT2D eigenvalue weighted by Crippen LogP contribution is 2.32. The van der Waals surface area contributed by atoms with Crippen LogP contribution >= 0.6 is 11.5 Å². The number of rotatable bonds is 3. The minimum Gasteiger partial charge on any atom is -0.358 e. The predicted octanol–water partition coefficient (Wildman–Crippen LogP) is 3.55. The van der Waals surface area contributed by atoms with Gasteiger partial charge in [0.15, 0.2) is 0 Å². The van der Waals surface area contributed by atoms with Crippen LogP contribution in [0.3, 0.4) is 0 Å². The maximum Gasteiger partial charge on any atom is 0.452 e. The van der Waals surface area contributed by atoms with Gasteiger partial charge in [-0.1, -0.05) is 12.8 Å². The zero-order valence-corrected chi connectivity index (χ0v) is 10.2. The van der Waals surface area contributed by atoms with Crippen molar-refractivity contribution >= 4 is 16.7 Å². The highest BCUT2D eigenvalue weighted by molar-refractivity contribution is 7.09. The lowest BCUT2D eigenvalue weighted by atomic mass is 10.0. The van der Waals surface area contributed by atoms with Gasteiger partial charge in [-0.3, -0.25) is 0 Å². The lowest BCUT2D eigenvalue weighted by Crippen LogP contribution is -2.23. The first-order valence-corrected chi connectivity index (χ1v) is 6.41. The molecular weight excluding hydrogens is 251 g/mol. The van der Waals surface area contributed by atoms with E-state index in [-0.39, 0.29) is 11.2 Å². The SMILES string of the molecule is CC(Nc1nc(C(F)(F)F)ns1)C1CCCC1. The summed E-state index contributed by atoms with van der Waals surface area (Å²) in [4.78, 5) is 3.46. The Morgan fingerprint density at radius 2 is 2.00 bits per heavy atom. The third-order valence-corrected chi connectivity index (χ3v) is 3.78. The molecule has 3 nitrogen and oxygen atoms in total. The van der Waals surface area contributed by atoms with Crippen molar-refractivity contribution in [2.45, 2.75) is 44.8 Å². The molecule has 1 unspecified atom stereocenters. The molecule has 1 saturated carbocycles. The number of anilines is 1. The van der Waals surface area contributed by atoms with Gasteiger partial charge in [-0.2, -0.15) is 22.5 Å². The maximum atomic E-state index is 12.3. The van der Waals surface area contributed by atoms with Crippen LogP contribution in [0.4, 0.5) is 18.3 Å². The average molecular weight is 265 g/mol. The number of nitrogens with one attached hydrogen (secondary N) is 1. The van der Waals surface area contributed by atoms with E-state index in [2.05, 4.69) is 14.7 Å². The predicted molar refractivity (Wildman–Crippen MR) is 60.0 cm³/mol. The van der Waals surface area contributed by atoms with Crippen LogP contribution in [-0.2, 0) is 6.18 Å². The summed E-state index contributed by atoms with van der Waals surface area (Å²) < 4.78 is 40.2. The minimum absolute atomic E-state index is 0.159. The molecule has 1 fully saturated rings. The number of hydrogen-bond acceptors (Lipinski definition) is 4. The Labute approximate surface area is 102 Å². The second kappa shape index (κ2) is 4.80. The largest absolute Gasteiger partial charge is 0.452 e. The second-order valence-electron chi connectivity index (χ2n) is 4.40. The number of aromatic nitrogens is 2. The Morgan fingerprint density at radius 3 is 2.53 bits per heavy atom. The molecule has 1 aromatic heterocycles. The van der Waals surface area contributed by atoms with Crippen LogP contribution in [0.25, 0.3) is 0 Å². The normalized spacial score (nSPS) is 19.5. The van der Waals surface area contributed by atoms with Gasteiger partial charge < -0.3 is 5.32 Å². The molecule has 0 aliphatic heterocycles. The summed E-state index contributed by atoms with van der Waals surface area (Å²) in [5, 5.41) is 3.28. The van der Waals surface area contributed by atoms with Gasteiger partial charge in [-0.05, 0) is 25.7 Å². The highest BCUT2D eigenvalue weighted by Gasteiger charge is 2.36. The van der Waals surface area contributed by atoms with Crippen LogP contribution in [0.1, 0.15) is 38.4 Å². The third-order valence-electron chi connectivity index (χ3n) is 3.14. The van der Waals surface area contributed by atoms with E-state index in [1.807, 2.05) is 6.92 Å². The Bertz CT molecular complexity index is 371. The fourth-order valence-corrected chi connectivity index (χ4v) is 2.85. The molecule has 2 rings (SSSR count). The quantitative estimate of drug-likeness (QED) is 0.908. The van der Waals surface area contributed by atoms with Crippen LogP contribution in [0.5, 0.6) is 0 Å². The summed E-state index contributed by atoms with van der Waals surface area (Å²) in [6.07, 6.45) is 0.242. The van der Waals surface area contributed by atoms with E-state index < -0.39 is 12.0 Å². The van der Waals surface area contributed by atoms with Gasteiger partial charge in [0.1, 0.15) is 0 Å². The summed E-state index contributed by atoms with van der Waals surface area (Å²) in [6, 6.07) is 0.159. The van der Waals surface area contributed by atoms with Gasteiger partial charge in [-0.25, -0.2) is 0 Å². The van der Waals surface area contributed by atoms with Crippen molar-refractivity contribution in [3.63, 3.8) is 0 Å². The van der Waals surface area contributed by atoms with E-state index in [1.165, 1.54) is 12.8 Å². The van der Waals surface area contributed by atoms with Crippen LogP contribution in [-0.4, -0.2) is 15.4 Å². The molecule has 0 radical (unpaired) electrons. The maximum absolute atomic E-state index is 12.3. The second-order valence-corrected chi connectivity index (χ2v) is 5.15. The van der Waals surface area contributed by atoms with Crippen LogP contribution in [0.15, 0.2) is 0 Å². The molecule has 1 aliphatic carbocycles. The fourth-order valence-electron chi connectivity index (χ4n) is 2.17. The molecule has 7 heteroatoms. The Balaban J connectivity index is 1.96. The number of nitrogens with zero attached hydrogens (tertiary/aromatic N) is 2. The highest BCUT2D eigenvalue weighted by atomic mass is 32.1. The first-order chi connectivity index (χ1) is 7.97. The first kappa shape index (κ1) is 12.6. The molecule has 1 aliphatic rings. The molecule has 17 heavy (non-hydrogen) atoms. The van der Waals surface area contributed by atoms with Gasteiger partial charge in [0, 0.05) is 17.6 Å². The van der Waals surface area contributed by atoms with Gasteiger partial charge in [0.25, 0.3) is 0 Å². The molecule has 1 atom stereocenters. The van der Waals surface area contributed by atoms with Crippen LogP contribution in [0.2, 0.25) is 0 Å². The first-order valence-electron chi connectivity index (χ1n) is 5.64. The van der Waals surface area contributed by atoms with E-state index in [9.17, 15) is 13.2 Å². The molecule has 96 valence electrons. The molecule has 0 aromatic carbocycles. The van der Waals surface area contributed by atoms with Crippen molar-refractivity contribution in [2.75, 3.05) is 5.32 Å². The summed E-state index contributed by atoms with van der Waals surface area (Å²) in [5.74, 6) is -0.517. The van der Waals surface area contributed by atoms with Crippen molar-refractivity contribution < 1.29 is 13.2 Å². The Morgan fingerprint density at radius 1 is 1.35 bits per heavy atom. The summed E-state index contributed by atoms with van der Waals surface area (Å²) in [6.45, 7) is 1.99. The van der Waals surface area contributed by atoms with Crippen molar-refractivity contribution in [1.29, 1.82) is 0 Å².